The lowest BCUT2D eigenvalue weighted by Crippen LogP contribution is -2.35. The van der Waals surface area contributed by atoms with Crippen LogP contribution in [0.4, 0.5) is 0 Å². The third-order valence-corrected chi connectivity index (χ3v) is 4.01. The van der Waals surface area contributed by atoms with Crippen LogP contribution in [0.1, 0.15) is 24.2 Å². The molecule has 0 saturated carbocycles. The van der Waals surface area contributed by atoms with Crippen LogP contribution in [0.5, 0.6) is 5.75 Å². The van der Waals surface area contributed by atoms with Gasteiger partial charge in [0, 0.05) is 24.7 Å². The summed E-state index contributed by atoms with van der Waals surface area (Å²) in [5.41, 5.74) is 1.41. The first-order valence-corrected chi connectivity index (χ1v) is 8.56. The van der Waals surface area contributed by atoms with Crippen molar-refractivity contribution in [3.63, 3.8) is 0 Å². The van der Waals surface area contributed by atoms with Crippen molar-refractivity contribution in [1.29, 1.82) is 0 Å². The van der Waals surface area contributed by atoms with Gasteiger partial charge in [-0.2, -0.15) is 0 Å². The lowest BCUT2D eigenvalue weighted by molar-refractivity contribution is -0.165. The van der Waals surface area contributed by atoms with Crippen LogP contribution in [0.15, 0.2) is 48.5 Å². The second-order valence-electron chi connectivity index (χ2n) is 6.13. The van der Waals surface area contributed by atoms with E-state index in [4.69, 9.17) is 21.1 Å². The minimum atomic E-state index is -1.02. The number of ether oxygens (including phenoxy) is 2. The number of amides is 1. The summed E-state index contributed by atoms with van der Waals surface area (Å²) in [7, 11) is 3.23. The van der Waals surface area contributed by atoms with E-state index >= 15 is 0 Å². The summed E-state index contributed by atoms with van der Waals surface area (Å²) >= 11 is 5.93. The fourth-order valence-corrected chi connectivity index (χ4v) is 2.55. The van der Waals surface area contributed by atoms with Gasteiger partial charge in [0.2, 0.25) is 6.10 Å². The largest absolute Gasteiger partial charge is 0.479 e. The van der Waals surface area contributed by atoms with Crippen molar-refractivity contribution in [1.82, 2.24) is 4.90 Å². The molecule has 5 nitrogen and oxygen atoms in total. The number of hydrogen-bond acceptors (Lipinski definition) is 4. The number of halogens is 1. The van der Waals surface area contributed by atoms with Gasteiger partial charge >= 0.3 is 5.97 Å². The van der Waals surface area contributed by atoms with E-state index in [1.165, 1.54) is 4.90 Å². The highest BCUT2D eigenvalue weighted by atomic mass is 35.5. The molecule has 2 rings (SSSR count). The Morgan fingerprint density at radius 1 is 1.08 bits per heavy atom. The number of carbonyl (C=O) groups is 2. The van der Waals surface area contributed by atoms with E-state index in [0.717, 1.165) is 5.56 Å². The number of esters is 1. The van der Waals surface area contributed by atoms with Gasteiger partial charge in [-0.3, -0.25) is 4.79 Å². The molecule has 0 saturated heterocycles. The van der Waals surface area contributed by atoms with Crippen LogP contribution in [0.25, 0.3) is 0 Å². The molecular weight excluding hydrogens is 354 g/mol. The Hall–Kier alpha value is -2.53. The van der Waals surface area contributed by atoms with Crippen LogP contribution >= 0.6 is 11.6 Å². The second-order valence-corrected chi connectivity index (χ2v) is 6.57. The number of carbonyl (C=O) groups excluding carboxylic acids is 2. The molecule has 0 aliphatic carbocycles. The van der Waals surface area contributed by atoms with Crippen molar-refractivity contribution < 1.29 is 19.1 Å². The third-order valence-electron chi connectivity index (χ3n) is 3.77. The molecule has 1 amide bonds. The van der Waals surface area contributed by atoms with Crippen LogP contribution in [0.2, 0.25) is 5.02 Å². The zero-order valence-corrected chi connectivity index (χ0v) is 16.0. The predicted octanol–water partition coefficient (Wildman–Crippen LogP) is 3.79. The minimum Gasteiger partial charge on any atom is -0.479 e. The normalized spacial score (nSPS) is 12.8. The van der Waals surface area contributed by atoms with E-state index in [0.29, 0.717) is 16.3 Å². The van der Waals surface area contributed by atoms with E-state index in [1.54, 1.807) is 63.5 Å². The average molecular weight is 376 g/mol. The number of benzene rings is 2. The molecule has 2 unspecified atom stereocenters. The van der Waals surface area contributed by atoms with Gasteiger partial charge in [-0.1, -0.05) is 41.9 Å². The highest BCUT2D eigenvalue weighted by Crippen LogP contribution is 2.24. The maximum Gasteiger partial charge on any atom is 0.348 e. The number of nitrogens with zero attached hydrogens (tertiary/aromatic N) is 1. The first-order valence-electron chi connectivity index (χ1n) is 8.19. The molecule has 2 aromatic rings. The number of aryl methyl sites for hydroxylation is 1. The summed E-state index contributed by atoms with van der Waals surface area (Å²) < 4.78 is 11.2. The topological polar surface area (TPSA) is 55.8 Å². The maximum atomic E-state index is 12.5. The SMILES string of the molecule is Cc1cc(Cl)ccc1OC(C)C(=O)OC(C(=O)N(C)C)c1ccccc1. The predicted molar refractivity (Wildman–Crippen MR) is 100 cm³/mol. The summed E-state index contributed by atoms with van der Waals surface area (Å²) in [5, 5.41) is 0.589. The number of hydrogen-bond donors (Lipinski definition) is 0. The van der Waals surface area contributed by atoms with Gasteiger partial charge in [0.25, 0.3) is 5.91 Å². The second kappa shape index (κ2) is 8.72. The van der Waals surface area contributed by atoms with Crippen LogP contribution in [-0.4, -0.2) is 37.0 Å². The molecule has 0 aliphatic rings. The maximum absolute atomic E-state index is 12.5. The van der Waals surface area contributed by atoms with E-state index in [-0.39, 0.29) is 5.91 Å². The van der Waals surface area contributed by atoms with Gasteiger partial charge in [0.15, 0.2) is 6.10 Å². The molecule has 0 radical (unpaired) electrons. The first kappa shape index (κ1) is 19.8. The van der Waals surface area contributed by atoms with Gasteiger partial charge in [-0.05, 0) is 37.6 Å². The lowest BCUT2D eigenvalue weighted by Gasteiger charge is -2.23. The van der Waals surface area contributed by atoms with Crippen LogP contribution in [0.3, 0.4) is 0 Å². The minimum absolute atomic E-state index is 0.320. The molecule has 0 spiro atoms. The van der Waals surface area contributed by atoms with Crippen LogP contribution < -0.4 is 4.74 Å². The van der Waals surface area contributed by atoms with Crippen molar-refractivity contribution in [3.8, 4) is 5.75 Å². The fourth-order valence-electron chi connectivity index (χ4n) is 2.32. The van der Waals surface area contributed by atoms with Gasteiger partial charge in [-0.15, -0.1) is 0 Å². The Morgan fingerprint density at radius 2 is 1.73 bits per heavy atom. The zero-order chi connectivity index (χ0) is 19.3. The molecule has 0 fully saturated rings. The molecule has 0 bridgehead atoms. The summed E-state index contributed by atoms with van der Waals surface area (Å²) in [6, 6.07) is 14.0. The van der Waals surface area contributed by atoms with Crippen molar-refractivity contribution in [2.75, 3.05) is 14.1 Å². The molecule has 138 valence electrons. The first-order chi connectivity index (χ1) is 12.3. The van der Waals surface area contributed by atoms with Gasteiger partial charge in [0.1, 0.15) is 5.75 Å². The molecular formula is C20H22ClNO4. The zero-order valence-electron chi connectivity index (χ0n) is 15.2. The number of likely N-dealkylation sites (N-methyl/N-ethyl adjacent to an activating group) is 1. The molecule has 0 heterocycles. The molecule has 0 N–H and O–H groups in total. The highest BCUT2D eigenvalue weighted by Gasteiger charge is 2.29. The van der Waals surface area contributed by atoms with E-state index in [9.17, 15) is 9.59 Å². The van der Waals surface area contributed by atoms with Crippen molar-refractivity contribution in [3.05, 3.63) is 64.7 Å². The van der Waals surface area contributed by atoms with Crippen LogP contribution in [-0.2, 0) is 14.3 Å². The summed E-state index contributed by atoms with van der Waals surface area (Å²) in [6.45, 7) is 3.42. The standard InChI is InChI=1S/C20H22ClNO4/c1-13-12-16(21)10-11-17(13)25-14(2)20(24)26-18(19(23)22(3)4)15-8-6-5-7-9-15/h5-12,14,18H,1-4H3. The highest BCUT2D eigenvalue weighted by molar-refractivity contribution is 6.30. The monoisotopic (exact) mass is 375 g/mol. The molecule has 2 atom stereocenters. The van der Waals surface area contributed by atoms with Gasteiger partial charge in [-0.25, -0.2) is 4.79 Å². The fraction of sp³-hybridized carbons (Fsp3) is 0.300. The Morgan fingerprint density at radius 3 is 2.31 bits per heavy atom. The summed E-state index contributed by atoms with van der Waals surface area (Å²) in [6.07, 6.45) is -1.90. The van der Waals surface area contributed by atoms with E-state index in [2.05, 4.69) is 0 Å². The number of rotatable bonds is 6. The average Bonchev–Trinajstić information content (AvgIpc) is 2.61. The molecule has 0 aliphatic heterocycles. The summed E-state index contributed by atoms with van der Waals surface area (Å²) in [4.78, 5) is 26.3. The lowest BCUT2D eigenvalue weighted by atomic mass is 10.1. The Labute approximate surface area is 158 Å². The van der Waals surface area contributed by atoms with Gasteiger partial charge < -0.3 is 14.4 Å². The smallest absolute Gasteiger partial charge is 0.348 e. The van der Waals surface area contributed by atoms with E-state index < -0.39 is 18.2 Å². The van der Waals surface area contributed by atoms with Crippen LogP contribution in [0, 0.1) is 6.92 Å². The Balaban J connectivity index is 2.14. The van der Waals surface area contributed by atoms with E-state index in [1.807, 2.05) is 13.0 Å². The van der Waals surface area contributed by atoms with Crippen molar-refractivity contribution >= 4 is 23.5 Å². The third kappa shape index (κ3) is 4.99. The summed E-state index contributed by atoms with van der Waals surface area (Å²) in [5.74, 6) is -0.406. The van der Waals surface area contributed by atoms with Gasteiger partial charge in [0.05, 0.1) is 0 Å². The Kier molecular flexibility index (Phi) is 6.64. The molecule has 26 heavy (non-hydrogen) atoms. The quantitative estimate of drug-likeness (QED) is 0.721. The van der Waals surface area contributed by atoms with Crippen molar-refractivity contribution in [2.24, 2.45) is 0 Å². The molecule has 6 heteroatoms. The van der Waals surface area contributed by atoms with Crippen molar-refractivity contribution in [2.45, 2.75) is 26.1 Å². The molecule has 2 aromatic carbocycles. The Bertz CT molecular complexity index is 777. The molecule has 0 aromatic heterocycles.